The van der Waals surface area contributed by atoms with Crippen LogP contribution in [0.15, 0.2) is 17.2 Å². The summed E-state index contributed by atoms with van der Waals surface area (Å²) in [6.07, 6.45) is 4.52. The molecule has 6 heteroatoms. The highest BCUT2D eigenvalue weighted by Gasteiger charge is 2.28. The summed E-state index contributed by atoms with van der Waals surface area (Å²) in [7, 11) is -3.32. The summed E-state index contributed by atoms with van der Waals surface area (Å²) >= 11 is 0. The van der Waals surface area contributed by atoms with Gasteiger partial charge in [0, 0.05) is 24.5 Å². The topological polar surface area (TPSA) is 74.0 Å². The third-order valence-corrected chi connectivity index (χ3v) is 4.17. The van der Waals surface area contributed by atoms with Crippen molar-refractivity contribution in [1.82, 2.24) is 15.0 Å². The minimum atomic E-state index is -3.32. The molecule has 96 valence electrons. The van der Waals surface area contributed by atoms with Gasteiger partial charge in [-0.3, -0.25) is 0 Å². The summed E-state index contributed by atoms with van der Waals surface area (Å²) in [4.78, 5) is 3.31. The van der Waals surface area contributed by atoms with Gasteiger partial charge in [0.05, 0.1) is 4.90 Å². The molecule has 3 N–H and O–H groups in total. The van der Waals surface area contributed by atoms with Gasteiger partial charge in [0.15, 0.2) is 0 Å². The van der Waals surface area contributed by atoms with E-state index >= 15 is 0 Å². The van der Waals surface area contributed by atoms with Gasteiger partial charge in [0.1, 0.15) is 0 Å². The van der Waals surface area contributed by atoms with Crippen LogP contribution in [0, 0.1) is 0 Å². The third kappa shape index (κ3) is 3.55. The van der Waals surface area contributed by atoms with Gasteiger partial charge in [-0.2, -0.15) is 0 Å². The van der Waals surface area contributed by atoms with Crippen molar-refractivity contribution in [2.45, 2.75) is 43.7 Å². The van der Waals surface area contributed by atoms with Gasteiger partial charge in [-0.05, 0) is 31.9 Å². The van der Waals surface area contributed by atoms with Gasteiger partial charge < -0.3 is 10.3 Å². The lowest BCUT2D eigenvalue weighted by atomic mass is 10.4. The second-order valence-electron chi connectivity index (χ2n) is 4.43. The van der Waals surface area contributed by atoms with Crippen molar-refractivity contribution in [3.05, 3.63) is 18.0 Å². The molecule has 0 aliphatic heterocycles. The molecule has 1 aromatic heterocycles. The smallest absolute Gasteiger partial charge is 0.242 e. The summed E-state index contributed by atoms with van der Waals surface area (Å²) in [5.74, 6) is 0. The molecule has 0 bridgehead atoms. The van der Waals surface area contributed by atoms with Gasteiger partial charge in [-0.15, -0.1) is 0 Å². The maximum Gasteiger partial charge on any atom is 0.242 e. The van der Waals surface area contributed by atoms with E-state index < -0.39 is 10.0 Å². The maximum absolute atomic E-state index is 11.9. The van der Waals surface area contributed by atoms with Crippen LogP contribution in [0.2, 0.25) is 0 Å². The van der Waals surface area contributed by atoms with E-state index in [-0.39, 0.29) is 6.04 Å². The lowest BCUT2D eigenvalue weighted by molar-refractivity contribution is 0.581. The van der Waals surface area contributed by atoms with Crippen LogP contribution in [0.25, 0.3) is 0 Å². The van der Waals surface area contributed by atoms with Crippen LogP contribution < -0.4 is 10.0 Å². The molecule has 0 unspecified atom stereocenters. The molecule has 2 rings (SSSR count). The van der Waals surface area contributed by atoms with Crippen molar-refractivity contribution < 1.29 is 8.42 Å². The summed E-state index contributed by atoms with van der Waals surface area (Å²) in [5, 5.41) is 3.22. The number of hydrogen-bond acceptors (Lipinski definition) is 3. The first-order valence-corrected chi connectivity index (χ1v) is 7.50. The largest absolute Gasteiger partial charge is 0.363 e. The normalized spacial score (nSPS) is 16.3. The van der Waals surface area contributed by atoms with Crippen LogP contribution in [0.5, 0.6) is 0 Å². The molecule has 0 radical (unpaired) electrons. The fourth-order valence-electron chi connectivity index (χ4n) is 1.56. The fraction of sp³-hybridized carbons (Fsp3) is 0.636. The molecule has 1 saturated carbocycles. The quantitative estimate of drug-likeness (QED) is 0.637. The number of aromatic amines is 1. The molecule has 1 aliphatic carbocycles. The van der Waals surface area contributed by atoms with Gasteiger partial charge >= 0.3 is 0 Å². The van der Waals surface area contributed by atoms with E-state index in [9.17, 15) is 8.42 Å². The van der Waals surface area contributed by atoms with Crippen molar-refractivity contribution in [1.29, 1.82) is 0 Å². The molecular weight excluding hydrogens is 238 g/mol. The van der Waals surface area contributed by atoms with E-state index in [0.29, 0.717) is 11.4 Å². The molecule has 0 amide bonds. The predicted octanol–water partition coefficient (Wildman–Crippen LogP) is 0.955. The Morgan fingerprint density at radius 2 is 2.24 bits per heavy atom. The Labute approximate surface area is 102 Å². The number of H-pyrrole nitrogens is 1. The number of rotatable bonds is 7. The third-order valence-electron chi connectivity index (χ3n) is 2.67. The van der Waals surface area contributed by atoms with Crippen LogP contribution in [-0.4, -0.2) is 26.0 Å². The van der Waals surface area contributed by atoms with Crippen LogP contribution in [-0.2, 0) is 16.6 Å². The molecule has 0 aromatic carbocycles. The molecule has 0 saturated heterocycles. The SMILES string of the molecule is CCCNCc1cc(S(=O)(=O)NC2CC2)c[nH]1. The van der Waals surface area contributed by atoms with Crippen molar-refractivity contribution in [3.63, 3.8) is 0 Å². The lowest BCUT2D eigenvalue weighted by Gasteiger charge is -2.01. The molecule has 0 atom stereocenters. The Morgan fingerprint density at radius 3 is 2.88 bits per heavy atom. The Morgan fingerprint density at radius 1 is 1.47 bits per heavy atom. The zero-order valence-corrected chi connectivity index (χ0v) is 10.8. The Bertz CT molecular complexity index is 463. The highest BCUT2D eigenvalue weighted by molar-refractivity contribution is 7.89. The minimum absolute atomic E-state index is 0.150. The fourth-order valence-corrected chi connectivity index (χ4v) is 2.89. The first-order valence-electron chi connectivity index (χ1n) is 6.02. The molecule has 1 aliphatic rings. The van der Waals surface area contributed by atoms with Crippen molar-refractivity contribution in [2.24, 2.45) is 0 Å². The summed E-state index contributed by atoms with van der Waals surface area (Å²) in [6.45, 7) is 3.70. The Hall–Kier alpha value is -0.850. The van der Waals surface area contributed by atoms with Crippen LogP contribution in [0.4, 0.5) is 0 Å². The second-order valence-corrected chi connectivity index (χ2v) is 6.15. The van der Waals surface area contributed by atoms with E-state index in [0.717, 1.165) is 31.5 Å². The van der Waals surface area contributed by atoms with Crippen molar-refractivity contribution >= 4 is 10.0 Å². The van der Waals surface area contributed by atoms with E-state index in [2.05, 4.69) is 21.9 Å². The van der Waals surface area contributed by atoms with Crippen molar-refractivity contribution in [2.75, 3.05) is 6.54 Å². The van der Waals surface area contributed by atoms with E-state index in [1.165, 1.54) is 0 Å². The Kier molecular flexibility index (Phi) is 3.86. The minimum Gasteiger partial charge on any atom is -0.363 e. The zero-order valence-electron chi connectivity index (χ0n) is 9.99. The Balaban J connectivity index is 1.96. The highest BCUT2D eigenvalue weighted by Crippen LogP contribution is 2.22. The first-order chi connectivity index (χ1) is 8.12. The average Bonchev–Trinajstić information content (AvgIpc) is 2.94. The monoisotopic (exact) mass is 257 g/mol. The number of hydrogen-bond donors (Lipinski definition) is 3. The van der Waals surface area contributed by atoms with E-state index in [4.69, 9.17) is 0 Å². The lowest BCUT2D eigenvalue weighted by Crippen LogP contribution is -2.25. The summed E-state index contributed by atoms with van der Waals surface area (Å²) in [5.41, 5.74) is 0.898. The zero-order chi connectivity index (χ0) is 12.3. The van der Waals surface area contributed by atoms with Gasteiger partial charge in [-0.1, -0.05) is 6.92 Å². The second kappa shape index (κ2) is 5.20. The highest BCUT2D eigenvalue weighted by atomic mass is 32.2. The van der Waals surface area contributed by atoms with Crippen LogP contribution in [0.1, 0.15) is 31.9 Å². The standard InChI is InChI=1S/C11H19N3O2S/c1-2-5-12-7-10-6-11(8-13-10)17(15,16)14-9-3-4-9/h6,8-9,12-14H,2-5,7H2,1H3. The summed E-state index contributed by atoms with van der Waals surface area (Å²) in [6, 6.07) is 1.84. The number of sulfonamides is 1. The number of nitrogens with one attached hydrogen (secondary N) is 3. The van der Waals surface area contributed by atoms with Gasteiger partial charge in [-0.25, -0.2) is 13.1 Å². The molecular formula is C11H19N3O2S. The molecule has 17 heavy (non-hydrogen) atoms. The van der Waals surface area contributed by atoms with Crippen LogP contribution >= 0.6 is 0 Å². The van der Waals surface area contributed by atoms with Gasteiger partial charge in [0.25, 0.3) is 0 Å². The van der Waals surface area contributed by atoms with Crippen LogP contribution in [0.3, 0.4) is 0 Å². The predicted molar refractivity (Wildman–Crippen MR) is 66.1 cm³/mol. The number of aromatic nitrogens is 1. The van der Waals surface area contributed by atoms with Gasteiger partial charge in [0.2, 0.25) is 10.0 Å². The molecule has 1 aromatic rings. The molecule has 0 spiro atoms. The summed E-state index contributed by atoms with van der Waals surface area (Å²) < 4.78 is 26.4. The maximum atomic E-state index is 11.9. The average molecular weight is 257 g/mol. The van der Waals surface area contributed by atoms with E-state index in [1.54, 1.807) is 12.3 Å². The molecule has 5 nitrogen and oxygen atoms in total. The van der Waals surface area contributed by atoms with Crippen molar-refractivity contribution in [3.8, 4) is 0 Å². The molecule has 1 fully saturated rings. The molecule has 1 heterocycles. The van der Waals surface area contributed by atoms with E-state index in [1.807, 2.05) is 0 Å². The first kappa shape index (κ1) is 12.6.